The van der Waals surface area contributed by atoms with Gasteiger partial charge in [-0.15, -0.1) is 0 Å². The van der Waals surface area contributed by atoms with Gasteiger partial charge in [0.15, 0.2) is 0 Å². The van der Waals surface area contributed by atoms with Gasteiger partial charge in [-0.25, -0.2) is 0 Å². The molecule has 3 heterocycles. The second-order valence-electron chi connectivity index (χ2n) is 10.2. The van der Waals surface area contributed by atoms with Crippen molar-refractivity contribution in [2.24, 2.45) is 5.92 Å². The summed E-state index contributed by atoms with van der Waals surface area (Å²) in [7, 11) is 0. The van der Waals surface area contributed by atoms with Gasteiger partial charge in [-0.1, -0.05) is 47.5 Å². The first-order valence-corrected chi connectivity index (χ1v) is 13.3. The van der Waals surface area contributed by atoms with E-state index in [9.17, 15) is 9.90 Å². The maximum absolute atomic E-state index is 12.6. The first-order chi connectivity index (χ1) is 16.9. The summed E-state index contributed by atoms with van der Waals surface area (Å²) in [5.74, 6) is 0.235. The monoisotopic (exact) mass is 513 g/mol. The number of β-amino-alcohol motifs (C(OH)–C–C–N with tert-alkyl or cyclic N) is 1. The molecule has 1 spiro atoms. The number of nitrogens with one attached hydrogen (secondary N) is 1. The summed E-state index contributed by atoms with van der Waals surface area (Å²) in [6, 6.07) is 14.0. The lowest BCUT2D eigenvalue weighted by Crippen LogP contribution is -2.48. The predicted octanol–water partition coefficient (Wildman–Crippen LogP) is 5.07. The maximum Gasteiger partial charge on any atom is 0.246 e. The molecule has 0 aromatic heterocycles. The van der Waals surface area contributed by atoms with E-state index in [0.717, 1.165) is 57.4 Å². The van der Waals surface area contributed by atoms with Crippen molar-refractivity contribution in [2.75, 3.05) is 44.6 Å². The lowest BCUT2D eigenvalue weighted by atomic mass is 9.74. The lowest BCUT2D eigenvalue weighted by Gasteiger charge is -2.41. The van der Waals surface area contributed by atoms with Crippen LogP contribution in [0, 0.1) is 5.92 Å². The minimum absolute atomic E-state index is 0.00389. The van der Waals surface area contributed by atoms with Gasteiger partial charge in [-0.3, -0.25) is 4.79 Å². The Kier molecular flexibility index (Phi) is 7.40. The average molecular weight is 514 g/mol. The SMILES string of the molecule is O=C(C=Cc1ccc(Cl)c(Cl)c1)N1CCC(C(O)CN2CCC3(CC2)CNc2ccccc23)CC1. The Morgan fingerprint density at radius 1 is 1.09 bits per heavy atom. The molecule has 3 aliphatic rings. The molecule has 5 rings (SSSR count). The number of anilines is 1. The van der Waals surface area contributed by atoms with Gasteiger partial charge in [0, 0.05) is 43.4 Å². The first kappa shape index (κ1) is 24.6. The molecule has 5 nitrogen and oxygen atoms in total. The van der Waals surface area contributed by atoms with Crippen LogP contribution >= 0.6 is 23.2 Å². The number of likely N-dealkylation sites (tertiary alicyclic amines) is 2. The Labute approximate surface area is 217 Å². The Hall–Kier alpha value is -2.05. The van der Waals surface area contributed by atoms with Gasteiger partial charge in [-0.2, -0.15) is 0 Å². The minimum Gasteiger partial charge on any atom is -0.392 e. The smallest absolute Gasteiger partial charge is 0.246 e. The van der Waals surface area contributed by atoms with E-state index >= 15 is 0 Å². The molecule has 0 radical (unpaired) electrons. The van der Waals surface area contributed by atoms with E-state index in [1.54, 1.807) is 24.3 Å². The highest BCUT2D eigenvalue weighted by Crippen LogP contribution is 2.43. The molecular weight excluding hydrogens is 481 g/mol. The number of rotatable bonds is 5. The maximum atomic E-state index is 12.6. The fraction of sp³-hybridized carbons (Fsp3) is 0.464. The van der Waals surface area contributed by atoms with Crippen LogP contribution in [0.3, 0.4) is 0 Å². The molecule has 2 aromatic rings. The zero-order chi connectivity index (χ0) is 24.4. The number of halogens is 2. The van der Waals surface area contributed by atoms with Crippen LogP contribution in [0.25, 0.3) is 6.08 Å². The molecule has 1 amide bonds. The number of hydrogen-bond acceptors (Lipinski definition) is 4. The number of nitrogens with zero attached hydrogens (tertiary/aromatic N) is 2. The third kappa shape index (κ3) is 5.39. The van der Waals surface area contributed by atoms with Crippen LogP contribution < -0.4 is 5.32 Å². The molecular formula is C28H33Cl2N3O2. The number of para-hydroxylation sites is 1. The summed E-state index contributed by atoms with van der Waals surface area (Å²) in [6.07, 6.45) is 6.94. The van der Waals surface area contributed by atoms with Gasteiger partial charge in [0.25, 0.3) is 0 Å². The van der Waals surface area contributed by atoms with Crippen molar-refractivity contribution in [3.05, 3.63) is 69.7 Å². The summed E-state index contributed by atoms with van der Waals surface area (Å²) in [4.78, 5) is 16.9. The van der Waals surface area contributed by atoms with Gasteiger partial charge in [-0.05, 0) is 80.1 Å². The highest BCUT2D eigenvalue weighted by atomic mass is 35.5. The minimum atomic E-state index is -0.345. The Bertz CT molecular complexity index is 1090. The number of benzene rings is 2. The van der Waals surface area contributed by atoms with E-state index in [2.05, 4.69) is 34.5 Å². The highest BCUT2D eigenvalue weighted by Gasteiger charge is 2.41. The molecule has 1 unspecified atom stereocenters. The van der Waals surface area contributed by atoms with Crippen molar-refractivity contribution in [2.45, 2.75) is 37.2 Å². The van der Waals surface area contributed by atoms with E-state index < -0.39 is 0 Å². The molecule has 2 aromatic carbocycles. The number of fused-ring (bicyclic) bond motifs is 2. The molecule has 0 saturated carbocycles. The molecule has 7 heteroatoms. The summed E-state index contributed by atoms with van der Waals surface area (Å²) in [6.45, 7) is 5.14. The van der Waals surface area contributed by atoms with Gasteiger partial charge < -0.3 is 20.2 Å². The van der Waals surface area contributed by atoms with Crippen molar-refractivity contribution in [3.63, 3.8) is 0 Å². The van der Waals surface area contributed by atoms with Crippen LogP contribution in [0.15, 0.2) is 48.5 Å². The number of hydrogen-bond donors (Lipinski definition) is 2. The fourth-order valence-corrected chi connectivity index (χ4v) is 6.18. The number of carbonyl (C=O) groups is 1. The summed E-state index contributed by atoms with van der Waals surface area (Å²) >= 11 is 12.0. The van der Waals surface area contributed by atoms with Crippen molar-refractivity contribution in [1.82, 2.24) is 9.80 Å². The van der Waals surface area contributed by atoms with E-state index in [1.165, 1.54) is 11.3 Å². The van der Waals surface area contributed by atoms with Crippen molar-refractivity contribution in [3.8, 4) is 0 Å². The normalized spacial score (nSPS) is 21.3. The molecule has 186 valence electrons. The van der Waals surface area contributed by atoms with Crippen LogP contribution in [0.1, 0.15) is 36.8 Å². The van der Waals surface area contributed by atoms with Crippen molar-refractivity contribution < 1.29 is 9.90 Å². The molecule has 35 heavy (non-hydrogen) atoms. The fourth-order valence-electron chi connectivity index (χ4n) is 5.88. The molecule has 2 fully saturated rings. The van der Waals surface area contributed by atoms with Crippen LogP contribution in [-0.2, 0) is 10.2 Å². The summed E-state index contributed by atoms with van der Waals surface area (Å²) < 4.78 is 0. The van der Waals surface area contributed by atoms with Gasteiger partial charge >= 0.3 is 0 Å². The van der Waals surface area contributed by atoms with Crippen LogP contribution in [0.2, 0.25) is 10.0 Å². The molecule has 3 aliphatic heterocycles. The first-order valence-electron chi connectivity index (χ1n) is 12.6. The zero-order valence-corrected chi connectivity index (χ0v) is 21.4. The van der Waals surface area contributed by atoms with Gasteiger partial charge in [0.1, 0.15) is 0 Å². The lowest BCUT2D eigenvalue weighted by molar-refractivity contribution is -0.128. The molecule has 2 saturated heterocycles. The molecule has 2 N–H and O–H groups in total. The highest BCUT2D eigenvalue weighted by molar-refractivity contribution is 6.42. The number of aliphatic hydroxyl groups excluding tert-OH is 1. The van der Waals surface area contributed by atoms with Gasteiger partial charge in [0.2, 0.25) is 5.91 Å². The van der Waals surface area contributed by atoms with E-state index in [1.807, 2.05) is 11.0 Å². The number of piperidine rings is 2. The summed E-state index contributed by atoms with van der Waals surface area (Å²) in [5, 5.41) is 15.5. The number of amides is 1. The number of aliphatic hydroxyl groups is 1. The predicted molar refractivity (Wildman–Crippen MR) is 143 cm³/mol. The van der Waals surface area contributed by atoms with E-state index in [4.69, 9.17) is 23.2 Å². The largest absolute Gasteiger partial charge is 0.392 e. The Morgan fingerprint density at radius 2 is 1.83 bits per heavy atom. The third-order valence-corrected chi connectivity index (χ3v) is 8.87. The zero-order valence-electron chi connectivity index (χ0n) is 19.9. The summed E-state index contributed by atoms with van der Waals surface area (Å²) in [5.41, 5.74) is 3.84. The topological polar surface area (TPSA) is 55.8 Å². The van der Waals surface area contributed by atoms with Crippen LogP contribution in [0.4, 0.5) is 5.69 Å². The Morgan fingerprint density at radius 3 is 2.57 bits per heavy atom. The average Bonchev–Trinajstić information content (AvgIpc) is 3.24. The third-order valence-electron chi connectivity index (χ3n) is 8.13. The van der Waals surface area contributed by atoms with Gasteiger partial charge in [0.05, 0.1) is 16.1 Å². The van der Waals surface area contributed by atoms with E-state index in [0.29, 0.717) is 23.1 Å². The number of carbonyl (C=O) groups excluding carboxylic acids is 1. The molecule has 1 atom stereocenters. The van der Waals surface area contributed by atoms with E-state index in [-0.39, 0.29) is 23.3 Å². The van der Waals surface area contributed by atoms with Crippen molar-refractivity contribution >= 4 is 40.9 Å². The second-order valence-corrected chi connectivity index (χ2v) is 11.0. The second kappa shape index (κ2) is 10.5. The Balaban J connectivity index is 1.07. The standard InChI is InChI=1S/C28H33Cl2N3O2/c29-23-7-5-20(17-24(23)30)6-8-27(35)33-13-9-21(10-14-33)26(34)18-32-15-11-28(12-16-32)19-31-25-4-2-1-3-22(25)28/h1-8,17,21,26,31,34H,9-16,18-19H2. The molecule has 0 bridgehead atoms. The quantitative estimate of drug-likeness (QED) is 0.548. The molecule has 0 aliphatic carbocycles. The van der Waals surface area contributed by atoms with Crippen LogP contribution in [-0.4, -0.2) is 66.2 Å². The van der Waals surface area contributed by atoms with Crippen LogP contribution in [0.5, 0.6) is 0 Å². The van der Waals surface area contributed by atoms with Crippen molar-refractivity contribution in [1.29, 1.82) is 0 Å².